The molecule has 0 radical (unpaired) electrons. The van der Waals surface area contributed by atoms with Gasteiger partial charge in [-0.25, -0.2) is 4.39 Å². The smallest absolute Gasteiger partial charge is 0.142 e. The minimum atomic E-state index is -0.384. The lowest BCUT2D eigenvalue weighted by Crippen LogP contribution is -2.18. The first-order valence-corrected chi connectivity index (χ1v) is 6.12. The molecule has 1 heterocycles. The molecule has 0 amide bonds. The molecule has 2 rings (SSSR count). The quantitative estimate of drug-likeness (QED) is 0.910. The lowest BCUT2D eigenvalue weighted by molar-refractivity contribution is 0.568. The second-order valence-electron chi connectivity index (χ2n) is 4.14. The molecule has 2 nitrogen and oxygen atoms in total. The minimum absolute atomic E-state index is 0.152. The van der Waals surface area contributed by atoms with Crippen molar-refractivity contribution < 1.29 is 4.39 Å². The normalized spacial score (nSPS) is 12.4. The van der Waals surface area contributed by atoms with Crippen LogP contribution in [0.2, 0.25) is 5.02 Å². The van der Waals surface area contributed by atoms with E-state index in [4.69, 9.17) is 11.6 Å². The largest absolute Gasteiger partial charge is 0.306 e. The molecule has 1 N–H and O–H groups in total. The van der Waals surface area contributed by atoms with Gasteiger partial charge in [0.1, 0.15) is 5.82 Å². The van der Waals surface area contributed by atoms with E-state index in [0.717, 1.165) is 11.1 Å². The number of rotatable bonds is 4. The molecule has 4 heteroatoms. The molecular formula is C14H14ClFN2. The van der Waals surface area contributed by atoms with E-state index in [9.17, 15) is 4.39 Å². The molecule has 2 aromatic rings. The molecular weight excluding hydrogens is 251 g/mol. The zero-order valence-electron chi connectivity index (χ0n) is 10.0. The van der Waals surface area contributed by atoms with Gasteiger partial charge in [0, 0.05) is 25.0 Å². The van der Waals surface area contributed by atoms with Crippen LogP contribution in [0.15, 0.2) is 42.7 Å². The van der Waals surface area contributed by atoms with Gasteiger partial charge < -0.3 is 5.32 Å². The molecule has 1 atom stereocenters. The molecule has 18 heavy (non-hydrogen) atoms. The highest BCUT2D eigenvalue weighted by molar-refractivity contribution is 6.30. The van der Waals surface area contributed by atoms with E-state index >= 15 is 0 Å². The summed E-state index contributed by atoms with van der Waals surface area (Å²) in [5.41, 5.74) is 1.97. The number of hydrogen-bond acceptors (Lipinski definition) is 2. The van der Waals surface area contributed by atoms with Crippen molar-refractivity contribution in [3.63, 3.8) is 0 Å². The maximum Gasteiger partial charge on any atom is 0.142 e. The third-order valence-corrected chi connectivity index (χ3v) is 3.09. The Kier molecular flexibility index (Phi) is 4.28. The maximum atomic E-state index is 13.3. The van der Waals surface area contributed by atoms with Gasteiger partial charge in [-0.1, -0.05) is 23.7 Å². The van der Waals surface area contributed by atoms with E-state index < -0.39 is 0 Å². The number of benzene rings is 1. The summed E-state index contributed by atoms with van der Waals surface area (Å²) in [6, 6.07) is 8.91. The third kappa shape index (κ3) is 3.28. The lowest BCUT2D eigenvalue weighted by Gasteiger charge is -2.13. The van der Waals surface area contributed by atoms with E-state index in [1.165, 1.54) is 6.07 Å². The Bertz CT molecular complexity index is 516. The van der Waals surface area contributed by atoms with Crippen molar-refractivity contribution in [1.29, 1.82) is 0 Å². The summed E-state index contributed by atoms with van der Waals surface area (Å²) in [7, 11) is 0. The Labute approximate surface area is 111 Å². The van der Waals surface area contributed by atoms with Gasteiger partial charge in [0.05, 0.1) is 5.02 Å². The van der Waals surface area contributed by atoms with Gasteiger partial charge in [-0.2, -0.15) is 0 Å². The van der Waals surface area contributed by atoms with Gasteiger partial charge in [-0.3, -0.25) is 4.98 Å². The van der Waals surface area contributed by atoms with Crippen LogP contribution in [0.4, 0.5) is 4.39 Å². The van der Waals surface area contributed by atoms with Crippen molar-refractivity contribution in [3.8, 4) is 0 Å². The Hall–Kier alpha value is -1.45. The summed E-state index contributed by atoms with van der Waals surface area (Å²) in [5.74, 6) is -0.384. The Morgan fingerprint density at radius 3 is 2.89 bits per heavy atom. The zero-order chi connectivity index (χ0) is 13.0. The Balaban J connectivity index is 1.97. The van der Waals surface area contributed by atoms with Crippen LogP contribution in [0.3, 0.4) is 0 Å². The van der Waals surface area contributed by atoms with Crippen LogP contribution >= 0.6 is 11.6 Å². The molecule has 0 spiro atoms. The van der Waals surface area contributed by atoms with Gasteiger partial charge in [0.15, 0.2) is 0 Å². The number of nitrogens with one attached hydrogen (secondary N) is 1. The monoisotopic (exact) mass is 264 g/mol. The second kappa shape index (κ2) is 5.94. The molecule has 0 unspecified atom stereocenters. The zero-order valence-corrected chi connectivity index (χ0v) is 10.8. The maximum absolute atomic E-state index is 13.3. The van der Waals surface area contributed by atoms with E-state index in [1.54, 1.807) is 12.3 Å². The molecule has 0 aliphatic heterocycles. The van der Waals surface area contributed by atoms with E-state index in [2.05, 4.69) is 10.3 Å². The van der Waals surface area contributed by atoms with Crippen LogP contribution in [0.25, 0.3) is 0 Å². The Morgan fingerprint density at radius 2 is 2.22 bits per heavy atom. The molecule has 0 saturated carbocycles. The highest BCUT2D eigenvalue weighted by Gasteiger charge is 2.05. The van der Waals surface area contributed by atoms with E-state index in [-0.39, 0.29) is 16.9 Å². The SMILES string of the molecule is C[C@H](NCc1ccc(Cl)c(F)c1)c1cccnc1. The van der Waals surface area contributed by atoms with E-state index in [1.807, 2.05) is 31.3 Å². The van der Waals surface area contributed by atoms with Crippen LogP contribution in [0.1, 0.15) is 24.1 Å². The number of aromatic nitrogens is 1. The number of halogens is 2. The van der Waals surface area contributed by atoms with Crippen molar-refractivity contribution >= 4 is 11.6 Å². The molecule has 0 fully saturated rings. The van der Waals surface area contributed by atoms with Crippen LogP contribution in [0, 0.1) is 5.82 Å². The van der Waals surface area contributed by atoms with Crippen molar-refractivity contribution in [2.75, 3.05) is 0 Å². The van der Waals surface area contributed by atoms with Gasteiger partial charge in [0.25, 0.3) is 0 Å². The number of pyridine rings is 1. The molecule has 0 aliphatic rings. The summed E-state index contributed by atoms with van der Waals surface area (Å²) in [6.07, 6.45) is 3.56. The summed E-state index contributed by atoms with van der Waals surface area (Å²) in [6.45, 7) is 2.63. The second-order valence-corrected chi connectivity index (χ2v) is 4.54. The predicted octanol–water partition coefficient (Wildman–Crippen LogP) is 3.72. The third-order valence-electron chi connectivity index (χ3n) is 2.78. The average Bonchev–Trinajstić information content (AvgIpc) is 2.41. The van der Waals surface area contributed by atoms with Crippen molar-refractivity contribution in [3.05, 3.63) is 64.7 Å². The topological polar surface area (TPSA) is 24.9 Å². The van der Waals surface area contributed by atoms with Gasteiger partial charge in [-0.15, -0.1) is 0 Å². The summed E-state index contributed by atoms with van der Waals surface area (Å²) < 4.78 is 13.3. The van der Waals surface area contributed by atoms with Crippen LogP contribution in [-0.4, -0.2) is 4.98 Å². The van der Waals surface area contributed by atoms with Crippen molar-refractivity contribution in [2.45, 2.75) is 19.5 Å². The molecule has 0 saturated heterocycles. The first kappa shape index (κ1) is 13.0. The Morgan fingerprint density at radius 1 is 1.39 bits per heavy atom. The predicted molar refractivity (Wildman–Crippen MR) is 70.9 cm³/mol. The van der Waals surface area contributed by atoms with E-state index in [0.29, 0.717) is 6.54 Å². The van der Waals surface area contributed by atoms with Crippen LogP contribution in [0.5, 0.6) is 0 Å². The van der Waals surface area contributed by atoms with Crippen LogP contribution < -0.4 is 5.32 Å². The van der Waals surface area contributed by atoms with Crippen molar-refractivity contribution in [1.82, 2.24) is 10.3 Å². The molecule has 94 valence electrons. The molecule has 1 aromatic heterocycles. The first-order chi connectivity index (χ1) is 8.66. The van der Waals surface area contributed by atoms with Gasteiger partial charge >= 0.3 is 0 Å². The molecule has 1 aromatic carbocycles. The fourth-order valence-corrected chi connectivity index (χ4v) is 1.79. The van der Waals surface area contributed by atoms with Crippen LogP contribution in [-0.2, 0) is 6.54 Å². The van der Waals surface area contributed by atoms with Gasteiger partial charge in [0.2, 0.25) is 0 Å². The fraction of sp³-hybridized carbons (Fsp3) is 0.214. The number of hydrogen-bond donors (Lipinski definition) is 1. The number of nitrogens with zero attached hydrogens (tertiary/aromatic N) is 1. The lowest BCUT2D eigenvalue weighted by atomic mass is 10.1. The summed E-state index contributed by atoms with van der Waals surface area (Å²) >= 11 is 5.64. The summed E-state index contributed by atoms with van der Waals surface area (Å²) in [4.78, 5) is 4.07. The fourth-order valence-electron chi connectivity index (χ4n) is 1.67. The molecule has 0 bridgehead atoms. The molecule has 0 aliphatic carbocycles. The standard InChI is InChI=1S/C14H14ClFN2/c1-10(12-3-2-6-17-9-12)18-8-11-4-5-13(15)14(16)7-11/h2-7,9-10,18H,8H2,1H3/t10-/m0/s1. The summed E-state index contributed by atoms with van der Waals surface area (Å²) in [5, 5.41) is 3.46. The highest BCUT2D eigenvalue weighted by Crippen LogP contribution is 2.16. The average molecular weight is 265 g/mol. The minimum Gasteiger partial charge on any atom is -0.306 e. The first-order valence-electron chi connectivity index (χ1n) is 5.74. The highest BCUT2D eigenvalue weighted by atomic mass is 35.5. The van der Waals surface area contributed by atoms with Gasteiger partial charge in [-0.05, 0) is 36.2 Å². The van der Waals surface area contributed by atoms with Crippen molar-refractivity contribution in [2.24, 2.45) is 0 Å².